The normalized spacial score (nSPS) is 16.5. The molecule has 0 bridgehead atoms. The van der Waals surface area contributed by atoms with E-state index >= 15 is 0 Å². The molecule has 4 nitrogen and oxygen atoms in total. The van der Waals surface area contributed by atoms with Crippen LogP contribution in [0.5, 0.6) is 0 Å². The Labute approximate surface area is 192 Å². The van der Waals surface area contributed by atoms with Gasteiger partial charge in [-0.1, -0.05) is 51.1 Å². The molecule has 1 aliphatic heterocycles. The first-order valence-electron chi connectivity index (χ1n) is 10.5. The number of piperidine rings is 1. The molecule has 1 heterocycles. The second kappa shape index (κ2) is 9.75. The van der Waals surface area contributed by atoms with E-state index in [1.54, 1.807) is 36.4 Å². The minimum atomic E-state index is -4.45. The van der Waals surface area contributed by atoms with E-state index in [0.29, 0.717) is 31.5 Å². The molecule has 1 aliphatic rings. The van der Waals surface area contributed by atoms with Crippen LogP contribution < -0.4 is 5.32 Å². The van der Waals surface area contributed by atoms with E-state index in [1.165, 1.54) is 16.4 Å². The fourth-order valence-corrected chi connectivity index (χ4v) is 6.12. The van der Waals surface area contributed by atoms with Crippen LogP contribution in [0, 0.1) is 0 Å². The molecule has 0 aliphatic carbocycles. The molecule has 0 aromatic heterocycles. The topological polar surface area (TPSA) is 49.4 Å². The molecular formula is C23H29F3N2O2S2. The van der Waals surface area contributed by atoms with E-state index in [0.717, 1.165) is 5.56 Å². The van der Waals surface area contributed by atoms with E-state index in [2.05, 4.69) is 5.32 Å². The first-order valence-corrected chi connectivity index (χ1v) is 12.8. The van der Waals surface area contributed by atoms with Gasteiger partial charge in [-0.15, -0.1) is 0 Å². The number of nitrogens with one attached hydrogen (secondary N) is 1. The van der Waals surface area contributed by atoms with Crippen LogP contribution >= 0.6 is 11.8 Å². The van der Waals surface area contributed by atoms with Crippen molar-refractivity contribution in [3.63, 3.8) is 0 Å². The number of rotatable bonds is 6. The number of halogens is 3. The second-order valence-corrected chi connectivity index (χ2v) is 12.0. The molecule has 0 spiro atoms. The van der Waals surface area contributed by atoms with Crippen molar-refractivity contribution in [2.45, 2.75) is 66.9 Å². The van der Waals surface area contributed by atoms with E-state index < -0.39 is 15.5 Å². The van der Waals surface area contributed by atoms with E-state index in [-0.39, 0.29) is 39.6 Å². The van der Waals surface area contributed by atoms with Gasteiger partial charge < -0.3 is 5.32 Å². The highest BCUT2D eigenvalue weighted by Gasteiger charge is 2.35. The first-order chi connectivity index (χ1) is 14.9. The van der Waals surface area contributed by atoms with Crippen molar-refractivity contribution in [1.82, 2.24) is 9.62 Å². The summed E-state index contributed by atoms with van der Waals surface area (Å²) >= 11 is -0.207. The number of hydrogen-bond donors (Lipinski definition) is 1. The summed E-state index contributed by atoms with van der Waals surface area (Å²) < 4.78 is 67.9. The highest BCUT2D eigenvalue weighted by atomic mass is 32.2. The number of nitrogens with zero attached hydrogens (tertiary/aromatic N) is 1. The molecule has 0 amide bonds. The van der Waals surface area contributed by atoms with Gasteiger partial charge in [0.2, 0.25) is 10.0 Å². The average molecular weight is 487 g/mol. The zero-order valence-electron chi connectivity index (χ0n) is 18.4. The molecular weight excluding hydrogens is 457 g/mol. The number of benzene rings is 2. The van der Waals surface area contributed by atoms with Gasteiger partial charge in [-0.25, -0.2) is 8.42 Å². The summed E-state index contributed by atoms with van der Waals surface area (Å²) in [6, 6.07) is 12.7. The summed E-state index contributed by atoms with van der Waals surface area (Å²) in [5, 5.41) is 3.22. The fraction of sp³-hybridized carbons (Fsp3) is 0.478. The van der Waals surface area contributed by atoms with E-state index in [1.807, 2.05) is 20.8 Å². The van der Waals surface area contributed by atoms with Crippen molar-refractivity contribution in [2.24, 2.45) is 0 Å². The van der Waals surface area contributed by atoms with Crippen LogP contribution in [0.3, 0.4) is 0 Å². The van der Waals surface area contributed by atoms with Crippen molar-refractivity contribution in [1.29, 1.82) is 0 Å². The molecule has 2 aromatic rings. The van der Waals surface area contributed by atoms with Crippen LogP contribution in [-0.2, 0) is 22.0 Å². The Bertz CT molecular complexity index is 1010. The Morgan fingerprint density at radius 3 is 2.16 bits per heavy atom. The van der Waals surface area contributed by atoms with Gasteiger partial charge in [-0.3, -0.25) is 0 Å². The smallest absolute Gasteiger partial charge is 0.317 e. The van der Waals surface area contributed by atoms with E-state index in [4.69, 9.17) is 0 Å². The third-order valence-electron chi connectivity index (χ3n) is 5.57. The molecule has 1 N–H and O–H groups in total. The fourth-order valence-electron chi connectivity index (χ4n) is 3.79. The Kier molecular flexibility index (Phi) is 7.64. The summed E-state index contributed by atoms with van der Waals surface area (Å²) in [6.07, 6.45) is 1.21. The van der Waals surface area contributed by atoms with Gasteiger partial charge in [-0.2, -0.15) is 17.5 Å². The molecule has 3 rings (SSSR count). The maximum Gasteiger partial charge on any atom is 0.446 e. The lowest BCUT2D eigenvalue weighted by atomic mass is 9.87. The maximum absolute atomic E-state index is 13.7. The van der Waals surface area contributed by atoms with Crippen molar-refractivity contribution >= 4 is 21.8 Å². The van der Waals surface area contributed by atoms with E-state index in [9.17, 15) is 21.6 Å². The molecule has 0 saturated carbocycles. The van der Waals surface area contributed by atoms with Crippen molar-refractivity contribution in [3.8, 4) is 0 Å². The summed E-state index contributed by atoms with van der Waals surface area (Å²) in [4.78, 5) is 0.183. The monoisotopic (exact) mass is 486 g/mol. The zero-order valence-corrected chi connectivity index (χ0v) is 20.1. The molecule has 32 heavy (non-hydrogen) atoms. The molecule has 0 unspecified atom stereocenters. The summed E-state index contributed by atoms with van der Waals surface area (Å²) in [5.41, 5.74) is -3.21. The highest BCUT2D eigenvalue weighted by Crippen LogP contribution is 2.39. The standard InChI is InChI=1S/C23H29F3N2O2S2/c1-22(2,3)18-8-10-20(11-9-18)32(29,30)28(19-12-14-27-15-13-19)16-17-6-4-5-7-21(17)31-23(24,25)26/h4-11,19,27H,12-16H2,1-3H3. The largest absolute Gasteiger partial charge is 0.446 e. The van der Waals surface area contributed by atoms with Gasteiger partial charge in [0.25, 0.3) is 0 Å². The summed E-state index contributed by atoms with van der Waals surface area (Å²) in [7, 11) is -3.91. The van der Waals surface area contributed by atoms with Crippen LogP contribution in [0.1, 0.15) is 44.7 Å². The van der Waals surface area contributed by atoms with Crippen molar-refractivity contribution in [3.05, 3.63) is 59.7 Å². The first kappa shape index (κ1) is 25.1. The molecule has 1 fully saturated rings. The van der Waals surface area contributed by atoms with Gasteiger partial charge in [0.1, 0.15) is 0 Å². The number of hydrogen-bond acceptors (Lipinski definition) is 4. The van der Waals surface area contributed by atoms with Crippen LogP contribution in [-0.4, -0.2) is 37.4 Å². The lowest BCUT2D eigenvalue weighted by Crippen LogP contribution is -2.45. The zero-order chi connectivity index (χ0) is 23.6. The third kappa shape index (κ3) is 6.27. The van der Waals surface area contributed by atoms with Crippen LogP contribution in [0.2, 0.25) is 0 Å². The Balaban J connectivity index is 1.98. The SMILES string of the molecule is CC(C)(C)c1ccc(S(=O)(=O)N(Cc2ccccc2SC(F)(F)F)C2CCNCC2)cc1. The highest BCUT2D eigenvalue weighted by molar-refractivity contribution is 8.00. The predicted molar refractivity (Wildman–Crippen MR) is 122 cm³/mol. The Morgan fingerprint density at radius 1 is 1.00 bits per heavy atom. The van der Waals surface area contributed by atoms with Crippen LogP contribution in [0.15, 0.2) is 58.3 Å². The molecule has 176 valence electrons. The summed E-state index contributed by atoms with van der Waals surface area (Å²) in [5.74, 6) is 0. The maximum atomic E-state index is 13.7. The van der Waals surface area contributed by atoms with Gasteiger partial charge >= 0.3 is 5.51 Å². The predicted octanol–water partition coefficient (Wildman–Crippen LogP) is 5.54. The van der Waals surface area contributed by atoms with Crippen molar-refractivity contribution < 1.29 is 21.6 Å². The van der Waals surface area contributed by atoms with Crippen LogP contribution in [0.25, 0.3) is 0 Å². The molecule has 9 heteroatoms. The quantitative estimate of drug-likeness (QED) is 0.545. The minimum Gasteiger partial charge on any atom is -0.317 e. The van der Waals surface area contributed by atoms with Gasteiger partial charge in [0.05, 0.1) is 4.90 Å². The lowest BCUT2D eigenvalue weighted by Gasteiger charge is -2.34. The molecule has 0 atom stereocenters. The number of alkyl halides is 3. The molecule has 1 saturated heterocycles. The van der Waals surface area contributed by atoms with Crippen molar-refractivity contribution in [2.75, 3.05) is 13.1 Å². The second-order valence-electron chi connectivity index (χ2n) is 8.96. The third-order valence-corrected chi connectivity index (χ3v) is 8.33. The van der Waals surface area contributed by atoms with Gasteiger partial charge in [0, 0.05) is 17.5 Å². The molecule has 2 aromatic carbocycles. The summed E-state index contributed by atoms with van der Waals surface area (Å²) in [6.45, 7) is 7.37. The minimum absolute atomic E-state index is 0.0252. The van der Waals surface area contributed by atoms with Gasteiger partial charge in [0.15, 0.2) is 0 Å². The average Bonchev–Trinajstić information content (AvgIpc) is 2.72. The number of thioether (sulfide) groups is 1. The Morgan fingerprint density at radius 2 is 1.59 bits per heavy atom. The lowest BCUT2D eigenvalue weighted by molar-refractivity contribution is -0.0328. The van der Waals surface area contributed by atoms with Crippen LogP contribution in [0.4, 0.5) is 13.2 Å². The number of sulfonamides is 1. The van der Waals surface area contributed by atoms with Gasteiger partial charge in [-0.05, 0) is 72.4 Å². The molecule has 0 radical (unpaired) electrons. The Hall–Kier alpha value is -1.55.